The van der Waals surface area contributed by atoms with E-state index in [2.05, 4.69) is 10.3 Å². The topological polar surface area (TPSA) is 73.6 Å². The number of aromatic nitrogens is 1. The van der Waals surface area contributed by atoms with Crippen molar-refractivity contribution in [3.05, 3.63) is 70.7 Å². The largest absolute Gasteiger partial charge is 0.497 e. The maximum atomic E-state index is 12.5. The second-order valence-electron chi connectivity index (χ2n) is 7.13. The number of carbonyl (C=O) groups excluding carboxylic acids is 1. The second kappa shape index (κ2) is 8.70. The van der Waals surface area contributed by atoms with Crippen LogP contribution in [0.15, 0.2) is 59.0 Å². The van der Waals surface area contributed by atoms with Crippen LogP contribution in [0.2, 0.25) is 5.02 Å². The van der Waals surface area contributed by atoms with Gasteiger partial charge in [0.05, 0.1) is 7.11 Å². The first-order chi connectivity index (χ1) is 14.9. The summed E-state index contributed by atoms with van der Waals surface area (Å²) in [6.07, 6.45) is 0. The van der Waals surface area contributed by atoms with Crippen molar-refractivity contribution in [2.75, 3.05) is 19.0 Å². The van der Waals surface area contributed by atoms with Crippen molar-refractivity contribution in [3.8, 4) is 23.0 Å². The molecular weight excluding hydrogens is 416 g/mol. The van der Waals surface area contributed by atoms with Gasteiger partial charge in [-0.05, 0) is 67.4 Å². The molecule has 7 heteroatoms. The van der Waals surface area contributed by atoms with Gasteiger partial charge in [0.25, 0.3) is 5.91 Å². The Morgan fingerprint density at radius 3 is 2.68 bits per heavy atom. The summed E-state index contributed by atoms with van der Waals surface area (Å²) in [4.78, 5) is 17.0. The Labute approximate surface area is 184 Å². The van der Waals surface area contributed by atoms with Gasteiger partial charge in [-0.3, -0.25) is 4.79 Å². The third-order valence-corrected chi connectivity index (χ3v) is 5.08. The lowest BCUT2D eigenvalue weighted by atomic mass is 10.1. The van der Waals surface area contributed by atoms with E-state index < -0.39 is 0 Å². The molecule has 4 rings (SSSR count). The maximum Gasteiger partial charge on any atom is 0.262 e. The molecule has 0 bridgehead atoms. The zero-order chi connectivity index (χ0) is 22.0. The number of halogens is 1. The van der Waals surface area contributed by atoms with Crippen LogP contribution in [0.5, 0.6) is 11.5 Å². The molecule has 0 saturated heterocycles. The molecule has 1 heterocycles. The zero-order valence-electron chi connectivity index (χ0n) is 17.4. The molecule has 0 aliphatic carbocycles. The predicted molar refractivity (Wildman–Crippen MR) is 121 cm³/mol. The van der Waals surface area contributed by atoms with E-state index in [1.54, 1.807) is 25.3 Å². The first kappa shape index (κ1) is 20.8. The summed E-state index contributed by atoms with van der Waals surface area (Å²) in [5.41, 5.74) is 4.56. The molecule has 0 atom stereocenters. The number of nitrogens with one attached hydrogen (secondary N) is 1. The van der Waals surface area contributed by atoms with E-state index in [1.165, 1.54) is 0 Å². The molecule has 0 unspecified atom stereocenters. The number of oxazole rings is 1. The Morgan fingerprint density at radius 1 is 1.06 bits per heavy atom. The summed E-state index contributed by atoms with van der Waals surface area (Å²) in [5, 5.41) is 3.52. The van der Waals surface area contributed by atoms with E-state index in [0.717, 1.165) is 16.7 Å². The highest BCUT2D eigenvalue weighted by Gasteiger charge is 2.13. The van der Waals surface area contributed by atoms with E-state index >= 15 is 0 Å². The Kier molecular flexibility index (Phi) is 5.82. The molecule has 0 saturated carbocycles. The highest BCUT2D eigenvalue weighted by Crippen LogP contribution is 2.29. The first-order valence-electron chi connectivity index (χ1n) is 9.67. The van der Waals surface area contributed by atoms with Crippen molar-refractivity contribution >= 4 is 34.3 Å². The molecular formula is C24H21ClN2O4. The minimum Gasteiger partial charge on any atom is -0.497 e. The molecule has 158 valence electrons. The quantitative estimate of drug-likeness (QED) is 0.414. The standard InChI is InChI=1S/C24H21ClN2O4/c1-14-4-5-16(24-27-20-12-18(29-3)7-9-22(20)31-24)11-19(14)26-23(28)13-30-21-8-6-17(25)10-15(21)2/h4-12H,13H2,1-3H3,(H,26,28). The zero-order valence-corrected chi connectivity index (χ0v) is 18.1. The maximum absolute atomic E-state index is 12.5. The Bertz CT molecular complexity index is 1270. The molecule has 1 N–H and O–H groups in total. The molecule has 6 nitrogen and oxygen atoms in total. The highest BCUT2D eigenvalue weighted by atomic mass is 35.5. The minimum atomic E-state index is -0.267. The van der Waals surface area contributed by atoms with Crippen LogP contribution < -0.4 is 14.8 Å². The molecule has 1 aromatic heterocycles. The van der Waals surface area contributed by atoms with E-state index in [9.17, 15) is 4.79 Å². The number of amides is 1. The fourth-order valence-corrected chi connectivity index (χ4v) is 3.38. The molecule has 0 radical (unpaired) electrons. The van der Waals surface area contributed by atoms with E-state index in [0.29, 0.717) is 39.2 Å². The molecule has 0 aliphatic rings. The number of aryl methyl sites for hydroxylation is 2. The number of anilines is 1. The summed E-state index contributed by atoms with van der Waals surface area (Å²) >= 11 is 5.96. The number of hydrogen-bond donors (Lipinski definition) is 1. The van der Waals surface area contributed by atoms with Gasteiger partial charge in [0.1, 0.15) is 17.0 Å². The van der Waals surface area contributed by atoms with Gasteiger partial charge >= 0.3 is 0 Å². The van der Waals surface area contributed by atoms with Crippen LogP contribution in [0.1, 0.15) is 11.1 Å². The van der Waals surface area contributed by atoms with Crippen molar-refractivity contribution in [3.63, 3.8) is 0 Å². The molecule has 1 amide bonds. The first-order valence-corrected chi connectivity index (χ1v) is 10.0. The van der Waals surface area contributed by atoms with Gasteiger partial charge in [-0.15, -0.1) is 0 Å². The van der Waals surface area contributed by atoms with E-state index in [4.69, 9.17) is 25.5 Å². The van der Waals surface area contributed by atoms with Gasteiger partial charge in [0.2, 0.25) is 5.89 Å². The van der Waals surface area contributed by atoms with Crippen molar-refractivity contribution in [1.29, 1.82) is 0 Å². The van der Waals surface area contributed by atoms with E-state index in [-0.39, 0.29) is 12.5 Å². The number of ether oxygens (including phenoxy) is 2. The van der Waals surface area contributed by atoms with Crippen LogP contribution in [0.3, 0.4) is 0 Å². The van der Waals surface area contributed by atoms with E-state index in [1.807, 2.05) is 50.2 Å². The Balaban J connectivity index is 1.50. The second-order valence-corrected chi connectivity index (χ2v) is 7.57. The summed E-state index contributed by atoms with van der Waals surface area (Å²) in [5.74, 6) is 1.52. The van der Waals surface area contributed by atoms with Crippen LogP contribution in [0.25, 0.3) is 22.6 Å². The van der Waals surface area contributed by atoms with Gasteiger partial charge in [0, 0.05) is 22.3 Å². The number of carbonyl (C=O) groups is 1. The smallest absolute Gasteiger partial charge is 0.262 e. The SMILES string of the molecule is COc1ccc2oc(-c3ccc(C)c(NC(=O)COc4ccc(Cl)cc4C)c3)nc2c1. The lowest BCUT2D eigenvalue weighted by molar-refractivity contribution is -0.118. The summed E-state index contributed by atoms with van der Waals surface area (Å²) in [7, 11) is 1.61. The Morgan fingerprint density at radius 2 is 1.90 bits per heavy atom. The molecule has 0 aliphatic heterocycles. The third kappa shape index (κ3) is 4.64. The number of nitrogens with zero attached hydrogens (tertiary/aromatic N) is 1. The van der Waals surface area contributed by atoms with Crippen molar-refractivity contribution < 1.29 is 18.7 Å². The molecule has 4 aromatic rings. The fraction of sp³-hybridized carbons (Fsp3) is 0.167. The average Bonchev–Trinajstić information content (AvgIpc) is 3.18. The summed E-state index contributed by atoms with van der Waals surface area (Å²) in [6, 6.07) is 16.4. The summed E-state index contributed by atoms with van der Waals surface area (Å²) < 4.78 is 16.7. The van der Waals surface area contributed by atoms with Crippen LogP contribution in [0.4, 0.5) is 5.69 Å². The van der Waals surface area contributed by atoms with Crippen molar-refractivity contribution in [1.82, 2.24) is 4.98 Å². The third-order valence-electron chi connectivity index (χ3n) is 4.85. The van der Waals surface area contributed by atoms with Crippen molar-refractivity contribution in [2.24, 2.45) is 0 Å². The van der Waals surface area contributed by atoms with Crippen LogP contribution in [-0.4, -0.2) is 24.6 Å². The number of fused-ring (bicyclic) bond motifs is 1. The predicted octanol–water partition coefficient (Wildman–Crippen LogP) is 5.79. The van der Waals surface area contributed by atoms with Crippen LogP contribution in [-0.2, 0) is 4.79 Å². The number of benzene rings is 3. The van der Waals surface area contributed by atoms with Crippen molar-refractivity contribution in [2.45, 2.75) is 13.8 Å². The number of rotatable bonds is 6. The monoisotopic (exact) mass is 436 g/mol. The van der Waals surface area contributed by atoms with Gasteiger partial charge in [-0.2, -0.15) is 0 Å². The van der Waals surface area contributed by atoms with Gasteiger partial charge in [0.15, 0.2) is 12.2 Å². The lowest BCUT2D eigenvalue weighted by Gasteiger charge is -2.12. The number of methoxy groups -OCH3 is 1. The molecule has 0 fully saturated rings. The van der Waals surface area contributed by atoms with Crippen LogP contribution >= 0.6 is 11.6 Å². The lowest BCUT2D eigenvalue weighted by Crippen LogP contribution is -2.21. The van der Waals surface area contributed by atoms with Gasteiger partial charge < -0.3 is 19.2 Å². The molecule has 0 spiro atoms. The normalized spacial score (nSPS) is 10.8. The van der Waals surface area contributed by atoms with Crippen LogP contribution in [0, 0.1) is 13.8 Å². The van der Waals surface area contributed by atoms with Gasteiger partial charge in [-0.25, -0.2) is 4.98 Å². The molecule has 3 aromatic carbocycles. The summed E-state index contributed by atoms with van der Waals surface area (Å²) in [6.45, 7) is 3.68. The molecule has 31 heavy (non-hydrogen) atoms. The minimum absolute atomic E-state index is 0.116. The Hall–Kier alpha value is -3.51. The number of hydrogen-bond acceptors (Lipinski definition) is 5. The highest BCUT2D eigenvalue weighted by molar-refractivity contribution is 6.30. The fourth-order valence-electron chi connectivity index (χ4n) is 3.15. The van der Waals surface area contributed by atoms with Gasteiger partial charge in [-0.1, -0.05) is 17.7 Å². The average molecular weight is 437 g/mol.